The monoisotopic (exact) mass is 513 g/mol. The molecule has 0 radical (unpaired) electrons. The van der Waals surface area contributed by atoms with E-state index < -0.39 is 11.5 Å². The van der Waals surface area contributed by atoms with Crippen LogP contribution in [0.3, 0.4) is 0 Å². The molecule has 198 valence electrons. The Kier molecular flexibility index (Phi) is 4.76. The normalized spacial score (nSPS) is 37.5. The molecule has 6 atom stereocenters. The Balaban J connectivity index is 1.29. The molecule has 0 aromatic heterocycles. The van der Waals surface area contributed by atoms with E-state index in [1.807, 2.05) is 18.2 Å². The Hall–Kier alpha value is -2.87. The number of hydrogen-bond acceptors (Lipinski definition) is 6. The first kappa shape index (κ1) is 23.1. The van der Waals surface area contributed by atoms with Crippen molar-refractivity contribution in [1.29, 1.82) is 0 Å². The molecular formula is C31H35N3O4. The zero-order valence-electron chi connectivity index (χ0n) is 21.8. The minimum Gasteiger partial charge on any atom is -0.485 e. The third-order valence-corrected chi connectivity index (χ3v) is 10.8. The molecule has 1 amide bonds. The molecule has 9 rings (SSSR count). The highest BCUT2D eigenvalue weighted by Crippen LogP contribution is 2.74. The number of hydrazine groups is 1. The molecule has 7 aliphatic rings. The van der Waals surface area contributed by atoms with E-state index in [1.165, 1.54) is 24.0 Å². The minimum absolute atomic E-state index is 0.178. The fourth-order valence-electron chi connectivity index (χ4n) is 9.01. The summed E-state index contributed by atoms with van der Waals surface area (Å²) in [6, 6.07) is 14.9. The molecule has 38 heavy (non-hydrogen) atoms. The van der Waals surface area contributed by atoms with Crippen LogP contribution in [-0.2, 0) is 28.0 Å². The third kappa shape index (κ3) is 2.72. The van der Waals surface area contributed by atoms with E-state index >= 15 is 0 Å². The van der Waals surface area contributed by atoms with E-state index in [4.69, 9.17) is 20.1 Å². The van der Waals surface area contributed by atoms with Crippen LogP contribution in [0.1, 0.15) is 42.4 Å². The fraction of sp³-hybridized carbons (Fsp3) is 0.516. The molecule has 7 nitrogen and oxygen atoms in total. The van der Waals surface area contributed by atoms with Crippen molar-refractivity contribution in [2.24, 2.45) is 23.1 Å². The molecule has 5 aliphatic carbocycles. The molecule has 2 saturated carbocycles. The Morgan fingerprint density at radius 3 is 2.79 bits per heavy atom. The maximum atomic E-state index is 13.3. The standard InChI is InChI=1S/C31H35N3O4/c1-36-31-12-11-29(16-22(31)27(35)33-32)24-15-21-9-10-23(37-18-20-5-3-2-4-6-20)26-25(21)30(29,28(31)38-26)13-14-34(24)17-19-7-8-19/h2-6,9-12,19,22,24,28H,7-8,13-18,32H2,1H3,(H,33,35)/t22-,24+,28?,29-,30+,31?/m1/s1. The van der Waals surface area contributed by atoms with Gasteiger partial charge in [-0.15, -0.1) is 0 Å². The quantitative estimate of drug-likeness (QED) is 0.256. The van der Waals surface area contributed by atoms with E-state index in [0.29, 0.717) is 19.1 Å². The second-order valence-electron chi connectivity index (χ2n) is 12.3. The number of ether oxygens (including phenoxy) is 3. The number of amides is 1. The number of nitrogens with one attached hydrogen (secondary N) is 1. The number of carbonyl (C=O) groups excluding carboxylic acids is 1. The largest absolute Gasteiger partial charge is 0.485 e. The van der Waals surface area contributed by atoms with Gasteiger partial charge in [-0.3, -0.25) is 15.1 Å². The summed E-state index contributed by atoms with van der Waals surface area (Å²) in [6.45, 7) is 2.66. The number of fused-ring (bicyclic) bond motifs is 1. The molecule has 2 heterocycles. The lowest BCUT2D eigenvalue weighted by Gasteiger charge is -2.71. The van der Waals surface area contributed by atoms with Crippen molar-refractivity contribution in [3.05, 3.63) is 71.3 Å². The van der Waals surface area contributed by atoms with Crippen LogP contribution >= 0.6 is 0 Å². The summed E-state index contributed by atoms with van der Waals surface area (Å²) in [5.41, 5.74) is 4.86. The summed E-state index contributed by atoms with van der Waals surface area (Å²) >= 11 is 0. The summed E-state index contributed by atoms with van der Waals surface area (Å²) in [4.78, 5) is 16.1. The van der Waals surface area contributed by atoms with Crippen molar-refractivity contribution in [2.45, 2.75) is 61.9 Å². The highest BCUT2D eigenvalue weighted by molar-refractivity contribution is 5.82. The first-order valence-electron chi connectivity index (χ1n) is 14.1. The van der Waals surface area contributed by atoms with Crippen molar-refractivity contribution in [1.82, 2.24) is 10.3 Å². The van der Waals surface area contributed by atoms with Gasteiger partial charge in [0.1, 0.15) is 18.3 Å². The van der Waals surface area contributed by atoms with Crippen LogP contribution in [0.2, 0.25) is 0 Å². The maximum Gasteiger partial charge on any atom is 0.240 e. The van der Waals surface area contributed by atoms with Crippen LogP contribution in [0.15, 0.2) is 54.6 Å². The van der Waals surface area contributed by atoms with E-state index in [-0.39, 0.29) is 22.8 Å². The molecule has 2 aliphatic heterocycles. The van der Waals surface area contributed by atoms with Gasteiger partial charge in [-0.25, -0.2) is 5.84 Å². The SMILES string of the molecule is COC12C=C[C@@]3(C[C@@H]1C(=O)NN)[C@@H]1Cc4ccc(OCc5ccccc5)c5c4[C@@]3(CCN1CC1CC1)C2O5. The molecule has 2 spiro atoms. The zero-order chi connectivity index (χ0) is 25.7. The number of likely N-dealkylation sites (tertiary alicyclic amines) is 1. The molecule has 1 saturated heterocycles. The van der Waals surface area contributed by atoms with E-state index in [1.54, 1.807) is 7.11 Å². The first-order chi connectivity index (χ1) is 18.6. The summed E-state index contributed by atoms with van der Waals surface area (Å²) in [5.74, 6) is 7.58. The lowest BCUT2D eigenvalue weighted by Crippen LogP contribution is -2.80. The Bertz CT molecular complexity index is 1340. The fourth-order valence-corrected chi connectivity index (χ4v) is 9.01. The van der Waals surface area contributed by atoms with Gasteiger partial charge in [0.05, 0.1) is 11.3 Å². The summed E-state index contributed by atoms with van der Waals surface area (Å²) in [7, 11) is 1.71. The average molecular weight is 514 g/mol. The number of hydrogen-bond donors (Lipinski definition) is 2. The third-order valence-electron chi connectivity index (χ3n) is 10.8. The summed E-state index contributed by atoms with van der Waals surface area (Å²) < 4.78 is 19.8. The van der Waals surface area contributed by atoms with Crippen LogP contribution in [-0.4, -0.2) is 48.8 Å². The van der Waals surface area contributed by atoms with Gasteiger partial charge in [0.2, 0.25) is 5.91 Å². The van der Waals surface area contributed by atoms with Crippen molar-refractivity contribution in [3.8, 4) is 11.5 Å². The molecular weight excluding hydrogens is 478 g/mol. The minimum atomic E-state index is -0.890. The second-order valence-corrected chi connectivity index (χ2v) is 12.3. The lowest BCUT2D eigenvalue weighted by atomic mass is 9.37. The van der Waals surface area contributed by atoms with Crippen LogP contribution in [0.5, 0.6) is 11.5 Å². The lowest BCUT2D eigenvalue weighted by molar-refractivity contribution is -0.215. The van der Waals surface area contributed by atoms with E-state index in [2.05, 4.69) is 46.7 Å². The molecule has 2 unspecified atom stereocenters. The van der Waals surface area contributed by atoms with Crippen LogP contribution in [0, 0.1) is 17.3 Å². The molecule has 2 aromatic rings. The van der Waals surface area contributed by atoms with Gasteiger partial charge in [-0.05, 0) is 61.8 Å². The highest BCUT2D eigenvalue weighted by Gasteiger charge is 2.80. The summed E-state index contributed by atoms with van der Waals surface area (Å²) in [5, 5.41) is 0. The van der Waals surface area contributed by atoms with Crippen molar-refractivity contribution in [2.75, 3.05) is 20.2 Å². The molecule has 3 N–H and O–H groups in total. The average Bonchev–Trinajstić information content (AvgIpc) is 3.70. The first-order valence-corrected chi connectivity index (χ1v) is 14.1. The van der Waals surface area contributed by atoms with Gasteiger partial charge >= 0.3 is 0 Å². The zero-order valence-corrected chi connectivity index (χ0v) is 21.8. The number of rotatable bonds is 7. The molecule has 3 fully saturated rings. The molecule has 4 bridgehead atoms. The Labute approximate surface area is 223 Å². The number of piperidine rings is 1. The van der Waals surface area contributed by atoms with Crippen LogP contribution < -0.4 is 20.7 Å². The van der Waals surface area contributed by atoms with Crippen LogP contribution in [0.25, 0.3) is 0 Å². The number of nitrogens with two attached hydrogens (primary N) is 1. The van der Waals surface area contributed by atoms with Crippen molar-refractivity contribution < 1.29 is 19.0 Å². The number of carbonyl (C=O) groups is 1. The van der Waals surface area contributed by atoms with Gasteiger partial charge in [0, 0.05) is 30.7 Å². The number of benzene rings is 2. The topological polar surface area (TPSA) is 86.0 Å². The predicted molar refractivity (Wildman–Crippen MR) is 141 cm³/mol. The maximum absolute atomic E-state index is 13.3. The summed E-state index contributed by atoms with van der Waals surface area (Å²) in [6.07, 6.45) is 9.54. The van der Waals surface area contributed by atoms with E-state index in [0.717, 1.165) is 48.9 Å². The number of nitrogens with zero attached hydrogens (tertiary/aromatic N) is 1. The Morgan fingerprint density at radius 1 is 1.18 bits per heavy atom. The van der Waals surface area contributed by atoms with Crippen LogP contribution in [0.4, 0.5) is 0 Å². The smallest absolute Gasteiger partial charge is 0.240 e. The van der Waals surface area contributed by atoms with Gasteiger partial charge in [0.15, 0.2) is 11.5 Å². The Morgan fingerprint density at radius 2 is 2.03 bits per heavy atom. The predicted octanol–water partition coefficient (Wildman–Crippen LogP) is 3.26. The van der Waals surface area contributed by atoms with Crippen molar-refractivity contribution in [3.63, 3.8) is 0 Å². The molecule has 2 aromatic carbocycles. The van der Waals surface area contributed by atoms with Crippen molar-refractivity contribution >= 4 is 5.91 Å². The van der Waals surface area contributed by atoms with Gasteiger partial charge < -0.3 is 14.2 Å². The van der Waals surface area contributed by atoms with E-state index in [9.17, 15) is 4.79 Å². The van der Waals surface area contributed by atoms with Gasteiger partial charge in [0.25, 0.3) is 0 Å². The van der Waals surface area contributed by atoms with Gasteiger partial charge in [-0.1, -0.05) is 48.6 Å². The highest BCUT2D eigenvalue weighted by atomic mass is 16.6. The number of methoxy groups -OCH3 is 1. The van der Waals surface area contributed by atoms with Gasteiger partial charge in [-0.2, -0.15) is 0 Å². The molecule has 7 heteroatoms. The second kappa shape index (κ2) is 7.84.